The van der Waals surface area contributed by atoms with Crippen molar-refractivity contribution in [2.24, 2.45) is 4.99 Å². The maximum atomic E-state index is 11.2. The first-order valence-electron chi connectivity index (χ1n) is 12.0. The number of benzene rings is 2. The summed E-state index contributed by atoms with van der Waals surface area (Å²) in [6.45, 7) is 19.8. The number of nitrogens with zero attached hydrogens (tertiary/aromatic N) is 1. The number of aliphatic imine (C=N–C) groups is 1. The van der Waals surface area contributed by atoms with Gasteiger partial charge in [0.25, 0.3) is 0 Å². The van der Waals surface area contributed by atoms with Gasteiger partial charge in [-0.3, -0.25) is 4.99 Å². The van der Waals surface area contributed by atoms with Crippen molar-refractivity contribution in [3.05, 3.63) is 58.7 Å². The second kappa shape index (κ2) is 10.5. The molecule has 2 aromatic carbocycles. The van der Waals surface area contributed by atoms with Crippen LogP contribution in [0, 0.1) is 6.92 Å². The lowest BCUT2D eigenvalue weighted by Gasteiger charge is -2.34. The highest BCUT2D eigenvalue weighted by molar-refractivity contribution is 7.48. The van der Waals surface area contributed by atoms with Crippen LogP contribution in [0.15, 0.2) is 41.4 Å². The maximum absolute atomic E-state index is 11.2. The number of aryl methyl sites for hydroxylation is 1. The van der Waals surface area contributed by atoms with Crippen molar-refractivity contribution in [3.63, 3.8) is 0 Å². The molecule has 2 unspecified atom stereocenters. The number of hydrogen-bond donors (Lipinski definition) is 1. The average Bonchev–Trinajstić information content (AvgIpc) is 2.68. The Morgan fingerprint density at radius 3 is 2.22 bits per heavy atom. The minimum Gasteiger partial charge on any atom is -0.507 e. The van der Waals surface area contributed by atoms with E-state index in [2.05, 4.69) is 91.8 Å². The molecule has 1 N–H and O–H groups in total. The summed E-state index contributed by atoms with van der Waals surface area (Å²) in [7, 11) is 0.551. The lowest BCUT2D eigenvalue weighted by molar-refractivity contribution is 0.444. The molecule has 2 rings (SSSR count). The second-order valence-electron chi connectivity index (χ2n) is 11.4. The van der Waals surface area contributed by atoms with Crippen LogP contribution in [0.2, 0.25) is 0 Å². The predicted molar refractivity (Wildman–Crippen MR) is 145 cm³/mol. The summed E-state index contributed by atoms with van der Waals surface area (Å²) in [4.78, 5) is 4.77. The van der Waals surface area contributed by atoms with Gasteiger partial charge in [-0.15, -0.1) is 0 Å². The minimum atomic E-state index is -0.128. The van der Waals surface area contributed by atoms with Gasteiger partial charge in [-0.05, 0) is 61.5 Å². The van der Waals surface area contributed by atoms with E-state index >= 15 is 0 Å². The van der Waals surface area contributed by atoms with Crippen molar-refractivity contribution in [2.45, 2.75) is 104 Å². The molecule has 2 nitrogen and oxygen atoms in total. The van der Waals surface area contributed by atoms with Crippen molar-refractivity contribution < 1.29 is 5.11 Å². The third-order valence-corrected chi connectivity index (χ3v) is 7.80. The Morgan fingerprint density at radius 2 is 1.62 bits per heavy atom. The molecule has 32 heavy (non-hydrogen) atoms. The zero-order valence-electron chi connectivity index (χ0n) is 21.8. The largest absolute Gasteiger partial charge is 0.507 e. The Kier molecular flexibility index (Phi) is 8.74. The topological polar surface area (TPSA) is 32.6 Å². The zero-order chi connectivity index (χ0) is 24.2. The van der Waals surface area contributed by atoms with E-state index in [4.69, 9.17) is 4.99 Å². The summed E-state index contributed by atoms with van der Waals surface area (Å²) in [6.07, 6.45) is 6.67. The number of phenolic OH excluding ortho intramolecular Hbond substituents is 1. The molecule has 0 saturated heterocycles. The summed E-state index contributed by atoms with van der Waals surface area (Å²) in [6, 6.07) is 13.0. The molecule has 0 heterocycles. The number of rotatable bonds is 8. The van der Waals surface area contributed by atoms with Crippen molar-refractivity contribution in [3.8, 4) is 5.75 Å². The fourth-order valence-electron chi connectivity index (χ4n) is 3.91. The van der Waals surface area contributed by atoms with Gasteiger partial charge in [0.1, 0.15) is 5.75 Å². The number of unbranched alkanes of at least 4 members (excludes halogenated alkanes) is 2. The molecule has 0 amide bonds. The molecule has 0 spiro atoms. The van der Waals surface area contributed by atoms with Crippen LogP contribution in [0.3, 0.4) is 0 Å². The molecule has 3 heteroatoms. The van der Waals surface area contributed by atoms with Gasteiger partial charge in [0.05, 0.1) is 5.54 Å². The van der Waals surface area contributed by atoms with Crippen molar-refractivity contribution in [1.29, 1.82) is 0 Å². The quantitative estimate of drug-likeness (QED) is 0.245. The highest BCUT2D eigenvalue weighted by Crippen LogP contribution is 2.50. The molecular formula is C29H44NOP. The van der Waals surface area contributed by atoms with E-state index in [0.29, 0.717) is 14.3 Å². The second-order valence-corrected chi connectivity index (χ2v) is 13.3. The highest BCUT2D eigenvalue weighted by atomic mass is 31.1. The lowest BCUT2D eigenvalue weighted by Crippen LogP contribution is -2.23. The summed E-state index contributed by atoms with van der Waals surface area (Å²) >= 11 is 0. The summed E-state index contributed by atoms with van der Waals surface area (Å²) in [5, 5.41) is 12.4. The van der Waals surface area contributed by atoms with E-state index in [1.807, 2.05) is 13.1 Å². The Labute approximate surface area is 198 Å². The Balaban J connectivity index is 2.59. The van der Waals surface area contributed by atoms with Crippen LogP contribution in [-0.4, -0.2) is 16.9 Å². The predicted octanol–water partition coefficient (Wildman–Crippen LogP) is 8.02. The van der Waals surface area contributed by atoms with Crippen LogP contribution in [0.4, 0.5) is 0 Å². The van der Waals surface area contributed by atoms with E-state index in [9.17, 15) is 5.11 Å². The first-order chi connectivity index (χ1) is 14.8. The Bertz CT molecular complexity index is 933. The van der Waals surface area contributed by atoms with Crippen LogP contribution in [0.25, 0.3) is 0 Å². The molecule has 2 aromatic rings. The average molecular weight is 454 g/mol. The first kappa shape index (κ1) is 26.6. The van der Waals surface area contributed by atoms with Gasteiger partial charge in [0, 0.05) is 16.9 Å². The molecule has 0 bridgehead atoms. The standard InChI is InChI=1S/C29H44NOP/c1-10-11-14-17-29(9,24-19-23(27(3,4)5)18-21(2)26(24)31)32-25-16-13-12-15-22(25)20-30-28(6,7)8/h12-13,15-16,18-20,31-32H,10-11,14,17H2,1-9H3. The molecular weight excluding hydrogens is 409 g/mol. The van der Waals surface area contributed by atoms with Crippen LogP contribution < -0.4 is 5.30 Å². The summed E-state index contributed by atoms with van der Waals surface area (Å²) < 4.78 is 0. The molecule has 0 radical (unpaired) electrons. The first-order valence-corrected chi connectivity index (χ1v) is 13.0. The lowest BCUT2D eigenvalue weighted by atomic mass is 9.82. The smallest absolute Gasteiger partial charge is 0.122 e. The summed E-state index contributed by atoms with van der Waals surface area (Å²) in [5.41, 5.74) is 4.48. The Morgan fingerprint density at radius 1 is 0.969 bits per heavy atom. The minimum absolute atomic E-state index is 0.0396. The monoisotopic (exact) mass is 453 g/mol. The van der Waals surface area contributed by atoms with Gasteiger partial charge in [-0.1, -0.05) is 98.9 Å². The van der Waals surface area contributed by atoms with Gasteiger partial charge in [0.2, 0.25) is 0 Å². The molecule has 0 aliphatic rings. The van der Waals surface area contributed by atoms with Crippen LogP contribution >= 0.6 is 8.58 Å². The molecule has 176 valence electrons. The zero-order valence-corrected chi connectivity index (χ0v) is 22.8. The third-order valence-electron chi connectivity index (χ3n) is 6.00. The van der Waals surface area contributed by atoms with Crippen LogP contribution in [0.5, 0.6) is 5.75 Å². The van der Waals surface area contributed by atoms with E-state index in [-0.39, 0.29) is 16.1 Å². The van der Waals surface area contributed by atoms with Gasteiger partial charge < -0.3 is 5.11 Å². The molecule has 0 aromatic heterocycles. The van der Waals surface area contributed by atoms with Crippen molar-refractivity contribution >= 4 is 20.1 Å². The van der Waals surface area contributed by atoms with E-state index in [0.717, 1.165) is 24.0 Å². The summed E-state index contributed by atoms with van der Waals surface area (Å²) in [5.74, 6) is 0.463. The number of aromatic hydroxyl groups is 1. The Hall–Kier alpha value is -1.66. The number of phenols is 1. The molecule has 0 aliphatic heterocycles. The highest BCUT2D eigenvalue weighted by Gasteiger charge is 2.32. The molecule has 0 saturated carbocycles. The van der Waals surface area contributed by atoms with E-state index < -0.39 is 0 Å². The normalized spacial score (nSPS) is 15.0. The maximum Gasteiger partial charge on any atom is 0.122 e. The van der Waals surface area contributed by atoms with E-state index in [1.54, 1.807) is 0 Å². The van der Waals surface area contributed by atoms with Crippen molar-refractivity contribution in [2.75, 3.05) is 0 Å². The fraction of sp³-hybridized carbons (Fsp3) is 0.552. The van der Waals surface area contributed by atoms with Gasteiger partial charge >= 0.3 is 0 Å². The SMILES string of the molecule is CCCCCC(C)(Pc1ccccc1C=NC(C)(C)C)c1cc(C(C)(C)C)cc(C)c1O. The third kappa shape index (κ3) is 7.17. The molecule has 2 atom stereocenters. The van der Waals surface area contributed by atoms with Gasteiger partial charge in [-0.2, -0.15) is 0 Å². The van der Waals surface area contributed by atoms with Crippen LogP contribution in [0.1, 0.15) is 103 Å². The fourth-order valence-corrected chi connectivity index (χ4v) is 5.60. The van der Waals surface area contributed by atoms with Gasteiger partial charge in [-0.25, -0.2) is 0 Å². The molecule has 0 fully saturated rings. The van der Waals surface area contributed by atoms with Crippen molar-refractivity contribution in [1.82, 2.24) is 0 Å². The molecule has 0 aliphatic carbocycles. The van der Waals surface area contributed by atoms with E-state index in [1.165, 1.54) is 29.3 Å². The van der Waals surface area contributed by atoms with Crippen LogP contribution in [-0.2, 0) is 10.6 Å². The van der Waals surface area contributed by atoms with Gasteiger partial charge in [0.15, 0.2) is 0 Å². The number of hydrogen-bond acceptors (Lipinski definition) is 2.